The first-order valence-corrected chi connectivity index (χ1v) is 5.99. The lowest BCUT2D eigenvalue weighted by molar-refractivity contribution is 0.151. The molecule has 6 heteroatoms. The van der Waals surface area contributed by atoms with Crippen LogP contribution in [0.4, 0.5) is 8.78 Å². The zero-order valence-electron chi connectivity index (χ0n) is 9.81. The van der Waals surface area contributed by atoms with E-state index in [2.05, 4.69) is 4.98 Å². The Kier molecular flexibility index (Phi) is 3.76. The highest BCUT2D eigenvalue weighted by atomic mass is 32.1. The van der Waals surface area contributed by atoms with Gasteiger partial charge in [0, 0.05) is 10.9 Å². The number of hydrogen-bond donors (Lipinski definition) is 0. The van der Waals surface area contributed by atoms with Crippen LogP contribution in [0.1, 0.15) is 11.4 Å². The predicted molar refractivity (Wildman–Crippen MR) is 65.6 cm³/mol. The number of aromatic nitrogens is 1. The van der Waals surface area contributed by atoms with E-state index in [1.54, 1.807) is 23.6 Å². The summed E-state index contributed by atoms with van der Waals surface area (Å²) in [6.45, 7) is 0. The Labute approximate surface area is 107 Å². The lowest BCUT2D eigenvalue weighted by Gasteiger charge is -2.08. The third-order valence-electron chi connectivity index (χ3n) is 2.39. The fourth-order valence-corrected chi connectivity index (χ4v) is 2.19. The summed E-state index contributed by atoms with van der Waals surface area (Å²) in [6.07, 6.45) is -2.56. The normalized spacial score (nSPS) is 10.7. The number of nitrogens with zero attached hydrogens (tertiary/aromatic N) is 1. The van der Waals surface area contributed by atoms with Gasteiger partial charge in [0.25, 0.3) is 6.43 Å². The first-order valence-electron chi connectivity index (χ1n) is 5.11. The highest BCUT2D eigenvalue weighted by molar-refractivity contribution is 7.10. The van der Waals surface area contributed by atoms with E-state index in [1.807, 2.05) is 0 Å². The number of thiazole rings is 1. The monoisotopic (exact) mass is 271 g/mol. The molecule has 0 saturated carbocycles. The number of benzene rings is 1. The Bertz CT molecular complexity index is 543. The van der Waals surface area contributed by atoms with E-state index in [0.717, 1.165) is 11.3 Å². The molecule has 0 saturated heterocycles. The molecule has 96 valence electrons. The third kappa shape index (κ3) is 2.43. The molecule has 0 aliphatic carbocycles. The fraction of sp³-hybridized carbons (Fsp3) is 0.250. The lowest BCUT2D eigenvalue weighted by atomic mass is 10.1. The Morgan fingerprint density at radius 2 is 2.00 bits per heavy atom. The van der Waals surface area contributed by atoms with Gasteiger partial charge in [-0.2, -0.15) is 0 Å². The number of halogens is 2. The maximum atomic E-state index is 12.5. The van der Waals surface area contributed by atoms with Gasteiger partial charge < -0.3 is 9.47 Å². The van der Waals surface area contributed by atoms with E-state index in [4.69, 9.17) is 9.47 Å². The predicted octanol–water partition coefficient (Wildman–Crippen LogP) is 3.76. The zero-order chi connectivity index (χ0) is 13.1. The highest BCUT2D eigenvalue weighted by Crippen LogP contribution is 2.35. The van der Waals surface area contributed by atoms with Gasteiger partial charge >= 0.3 is 0 Å². The largest absolute Gasteiger partial charge is 0.497 e. The molecule has 0 amide bonds. The Balaban J connectivity index is 2.46. The molecule has 0 aliphatic heterocycles. The van der Waals surface area contributed by atoms with Gasteiger partial charge in [0.15, 0.2) is 5.01 Å². The van der Waals surface area contributed by atoms with Crippen molar-refractivity contribution in [2.24, 2.45) is 0 Å². The summed E-state index contributed by atoms with van der Waals surface area (Å²) in [5.74, 6) is 1.19. The second-order valence-corrected chi connectivity index (χ2v) is 4.33. The molecule has 1 heterocycles. The van der Waals surface area contributed by atoms with E-state index in [-0.39, 0.29) is 5.01 Å². The molecule has 0 spiro atoms. The number of methoxy groups -OCH3 is 2. The molecule has 2 rings (SSSR count). The molecule has 0 unspecified atom stereocenters. The summed E-state index contributed by atoms with van der Waals surface area (Å²) >= 11 is 0.928. The van der Waals surface area contributed by atoms with Crippen molar-refractivity contribution in [3.8, 4) is 22.8 Å². The van der Waals surface area contributed by atoms with Crippen molar-refractivity contribution in [3.05, 3.63) is 28.6 Å². The van der Waals surface area contributed by atoms with E-state index in [1.165, 1.54) is 14.2 Å². The summed E-state index contributed by atoms with van der Waals surface area (Å²) in [7, 11) is 3.06. The quantitative estimate of drug-likeness (QED) is 0.848. The van der Waals surface area contributed by atoms with E-state index in [0.29, 0.717) is 22.8 Å². The Morgan fingerprint density at radius 1 is 1.22 bits per heavy atom. The van der Waals surface area contributed by atoms with Gasteiger partial charge in [-0.1, -0.05) is 0 Å². The number of hydrogen-bond acceptors (Lipinski definition) is 4. The first-order chi connectivity index (χ1) is 8.65. The number of alkyl halides is 2. The van der Waals surface area contributed by atoms with Crippen LogP contribution < -0.4 is 9.47 Å². The summed E-state index contributed by atoms with van der Waals surface area (Å²) in [5, 5.41) is 1.38. The SMILES string of the molecule is COc1ccc(OC)c(-c2csc(C(F)F)n2)c1. The highest BCUT2D eigenvalue weighted by Gasteiger charge is 2.16. The van der Waals surface area contributed by atoms with E-state index >= 15 is 0 Å². The van der Waals surface area contributed by atoms with Gasteiger partial charge in [-0.05, 0) is 18.2 Å². The average molecular weight is 271 g/mol. The molecule has 18 heavy (non-hydrogen) atoms. The number of rotatable bonds is 4. The first kappa shape index (κ1) is 12.8. The van der Waals surface area contributed by atoms with Crippen molar-refractivity contribution in [2.75, 3.05) is 14.2 Å². The molecule has 0 N–H and O–H groups in total. The van der Waals surface area contributed by atoms with E-state index < -0.39 is 6.43 Å². The standard InChI is InChI=1S/C12H11F2NO2S/c1-16-7-3-4-10(17-2)8(5-7)9-6-18-12(15-9)11(13)14/h3-6,11H,1-2H3. The molecular weight excluding hydrogens is 260 g/mol. The Hall–Kier alpha value is -1.69. The topological polar surface area (TPSA) is 31.4 Å². The molecular formula is C12H11F2NO2S. The van der Waals surface area contributed by atoms with Gasteiger partial charge in [-0.15, -0.1) is 11.3 Å². The fourth-order valence-electron chi connectivity index (χ4n) is 1.53. The minimum atomic E-state index is -2.56. The van der Waals surface area contributed by atoms with Crippen molar-refractivity contribution >= 4 is 11.3 Å². The van der Waals surface area contributed by atoms with Crippen LogP contribution in [0.3, 0.4) is 0 Å². The van der Waals surface area contributed by atoms with Gasteiger partial charge in [0.1, 0.15) is 11.5 Å². The second kappa shape index (κ2) is 5.30. The van der Waals surface area contributed by atoms with Crippen LogP contribution in [-0.2, 0) is 0 Å². The lowest BCUT2D eigenvalue weighted by Crippen LogP contribution is -1.91. The van der Waals surface area contributed by atoms with Crippen molar-refractivity contribution in [1.29, 1.82) is 0 Å². The third-order valence-corrected chi connectivity index (χ3v) is 3.24. The summed E-state index contributed by atoms with van der Waals surface area (Å²) in [5.41, 5.74) is 1.10. The van der Waals surface area contributed by atoms with Crippen LogP contribution in [0.5, 0.6) is 11.5 Å². The van der Waals surface area contributed by atoms with Crippen molar-refractivity contribution in [3.63, 3.8) is 0 Å². The minimum absolute atomic E-state index is 0.199. The van der Waals surface area contributed by atoms with Gasteiger partial charge in [0.05, 0.1) is 19.9 Å². The second-order valence-electron chi connectivity index (χ2n) is 3.44. The van der Waals surface area contributed by atoms with Gasteiger partial charge in [-0.3, -0.25) is 0 Å². The maximum absolute atomic E-state index is 12.5. The molecule has 1 aromatic carbocycles. The average Bonchev–Trinajstić information content (AvgIpc) is 2.87. The smallest absolute Gasteiger partial charge is 0.289 e. The van der Waals surface area contributed by atoms with Crippen LogP contribution >= 0.6 is 11.3 Å². The van der Waals surface area contributed by atoms with Gasteiger partial charge in [-0.25, -0.2) is 13.8 Å². The number of ether oxygens (including phenoxy) is 2. The van der Waals surface area contributed by atoms with Gasteiger partial charge in [0.2, 0.25) is 0 Å². The molecule has 1 aromatic heterocycles. The molecule has 0 atom stereocenters. The van der Waals surface area contributed by atoms with Crippen LogP contribution in [0, 0.1) is 0 Å². The minimum Gasteiger partial charge on any atom is -0.497 e. The van der Waals surface area contributed by atoms with Crippen LogP contribution in [0.2, 0.25) is 0 Å². The summed E-state index contributed by atoms with van der Waals surface area (Å²) in [6, 6.07) is 5.17. The van der Waals surface area contributed by atoms with E-state index in [9.17, 15) is 8.78 Å². The molecule has 0 fully saturated rings. The van der Waals surface area contributed by atoms with Crippen LogP contribution in [0.25, 0.3) is 11.3 Å². The summed E-state index contributed by atoms with van der Waals surface area (Å²) < 4.78 is 35.3. The van der Waals surface area contributed by atoms with Crippen molar-refractivity contribution in [2.45, 2.75) is 6.43 Å². The van der Waals surface area contributed by atoms with Crippen molar-refractivity contribution < 1.29 is 18.3 Å². The zero-order valence-corrected chi connectivity index (χ0v) is 10.6. The van der Waals surface area contributed by atoms with Crippen LogP contribution in [0.15, 0.2) is 23.6 Å². The van der Waals surface area contributed by atoms with Crippen molar-refractivity contribution in [1.82, 2.24) is 4.98 Å². The molecule has 3 nitrogen and oxygen atoms in total. The molecule has 0 bridgehead atoms. The molecule has 0 radical (unpaired) electrons. The van der Waals surface area contributed by atoms with Crippen LogP contribution in [-0.4, -0.2) is 19.2 Å². The Morgan fingerprint density at radius 3 is 2.56 bits per heavy atom. The molecule has 2 aromatic rings. The molecule has 0 aliphatic rings. The maximum Gasteiger partial charge on any atom is 0.289 e. The summed E-state index contributed by atoms with van der Waals surface area (Å²) in [4.78, 5) is 3.90.